The van der Waals surface area contributed by atoms with Crippen molar-refractivity contribution in [2.24, 2.45) is 0 Å². The van der Waals surface area contributed by atoms with E-state index in [0.717, 1.165) is 11.3 Å². The van der Waals surface area contributed by atoms with Crippen LogP contribution in [0.15, 0.2) is 67.0 Å². The van der Waals surface area contributed by atoms with Crippen LogP contribution in [0, 0.1) is 13.8 Å². The number of alkyl halides is 1. The van der Waals surface area contributed by atoms with Crippen LogP contribution in [0.4, 0.5) is 38.0 Å². The zero-order valence-corrected chi connectivity index (χ0v) is 23.3. The molecule has 4 aromatic rings. The summed E-state index contributed by atoms with van der Waals surface area (Å²) in [5.74, 6) is -0.221. The molecule has 1 aliphatic heterocycles. The van der Waals surface area contributed by atoms with E-state index in [0.29, 0.717) is 39.6 Å². The highest BCUT2D eigenvalue weighted by molar-refractivity contribution is 6.09. The second-order valence-electron chi connectivity index (χ2n) is 9.77. The lowest BCUT2D eigenvalue weighted by atomic mass is 10.1. The van der Waals surface area contributed by atoms with Gasteiger partial charge < -0.3 is 16.0 Å². The number of amides is 4. The molecule has 0 aliphatic carbocycles. The van der Waals surface area contributed by atoms with Crippen molar-refractivity contribution in [1.82, 2.24) is 20.3 Å². The van der Waals surface area contributed by atoms with Crippen LogP contribution in [0.3, 0.4) is 0 Å². The fourth-order valence-electron chi connectivity index (χ4n) is 4.48. The predicted octanol–water partition coefficient (Wildman–Crippen LogP) is 4.65. The molecule has 2 aromatic heterocycles. The molecule has 0 fully saturated rings. The third-order valence-electron chi connectivity index (χ3n) is 6.74. The Hall–Kier alpha value is -5.39. The molecule has 0 saturated heterocycles. The molecule has 11 nitrogen and oxygen atoms in total. The van der Waals surface area contributed by atoms with Crippen LogP contribution in [0.2, 0.25) is 0 Å². The second kappa shape index (κ2) is 12.0. The molecular formula is C30H29FN8O3. The summed E-state index contributed by atoms with van der Waals surface area (Å²) in [4.78, 5) is 55.3. The number of hydrogen-bond donors (Lipinski definition) is 3. The first-order valence-electron chi connectivity index (χ1n) is 13.2. The van der Waals surface area contributed by atoms with Crippen LogP contribution < -0.4 is 25.8 Å². The average molecular weight is 569 g/mol. The Balaban J connectivity index is 1.45. The molecule has 0 radical (unpaired) electrons. The van der Waals surface area contributed by atoms with E-state index in [4.69, 9.17) is 0 Å². The number of aromatic nitrogens is 3. The number of halogens is 1. The normalized spacial score (nSPS) is 12.5. The molecule has 4 amide bonds. The number of likely N-dealkylation sites (N-methyl/N-ethyl adjacent to an activating group) is 1. The topological polar surface area (TPSA) is 132 Å². The molecule has 2 aromatic carbocycles. The molecule has 0 saturated carbocycles. The summed E-state index contributed by atoms with van der Waals surface area (Å²) >= 11 is 0. The van der Waals surface area contributed by atoms with Crippen LogP contribution in [0.25, 0.3) is 0 Å². The molecule has 42 heavy (non-hydrogen) atoms. The highest BCUT2D eigenvalue weighted by atomic mass is 19.1. The molecule has 3 N–H and O–H groups in total. The predicted molar refractivity (Wildman–Crippen MR) is 158 cm³/mol. The van der Waals surface area contributed by atoms with E-state index < -0.39 is 18.6 Å². The molecule has 0 bridgehead atoms. The van der Waals surface area contributed by atoms with E-state index in [1.807, 2.05) is 26.0 Å². The summed E-state index contributed by atoms with van der Waals surface area (Å²) in [6.07, 6.45) is 3.26. The lowest BCUT2D eigenvalue weighted by molar-refractivity contribution is -0.119. The average Bonchev–Trinajstić information content (AvgIpc) is 3.00. The van der Waals surface area contributed by atoms with Crippen molar-refractivity contribution in [3.8, 4) is 0 Å². The summed E-state index contributed by atoms with van der Waals surface area (Å²) < 4.78 is 13.1. The van der Waals surface area contributed by atoms with Crippen molar-refractivity contribution in [3.63, 3.8) is 0 Å². The minimum Gasteiger partial charge on any atom is -0.358 e. The Morgan fingerprint density at radius 1 is 1.00 bits per heavy atom. The Morgan fingerprint density at radius 2 is 1.81 bits per heavy atom. The number of carbonyl (C=O) groups is 3. The molecular weight excluding hydrogens is 539 g/mol. The zero-order valence-electron chi connectivity index (χ0n) is 23.3. The minimum atomic E-state index is -0.675. The summed E-state index contributed by atoms with van der Waals surface area (Å²) in [5, 5.41) is 8.46. The van der Waals surface area contributed by atoms with Crippen molar-refractivity contribution < 1.29 is 18.8 Å². The van der Waals surface area contributed by atoms with E-state index in [-0.39, 0.29) is 24.9 Å². The van der Waals surface area contributed by atoms with Gasteiger partial charge in [-0.3, -0.25) is 24.4 Å². The number of aryl methyl sites for hydroxylation is 2. The quantitative estimate of drug-likeness (QED) is 0.282. The number of hydrogen-bond acceptors (Lipinski definition) is 7. The smallest absolute Gasteiger partial charge is 0.330 e. The summed E-state index contributed by atoms with van der Waals surface area (Å²) in [6, 6.07) is 14.7. The largest absolute Gasteiger partial charge is 0.358 e. The minimum absolute atomic E-state index is 0.140. The van der Waals surface area contributed by atoms with Gasteiger partial charge in [-0.05, 0) is 61.4 Å². The molecule has 3 heterocycles. The first kappa shape index (κ1) is 28.1. The number of pyridine rings is 1. The first-order chi connectivity index (χ1) is 20.2. The third-order valence-corrected chi connectivity index (χ3v) is 6.74. The lowest BCUT2D eigenvalue weighted by Crippen LogP contribution is -2.51. The van der Waals surface area contributed by atoms with Gasteiger partial charge in [0.05, 0.1) is 24.1 Å². The Kier molecular flexibility index (Phi) is 8.05. The SMILES string of the molecule is CNC(=O)CN1C(=O)N(c2cc(NC(=O)c3cccc(CF)c3)ccc2C)Cc2cnc(Nc3ccc(C)nc3)nc21. The van der Waals surface area contributed by atoms with E-state index in [9.17, 15) is 18.8 Å². The number of urea groups is 1. The van der Waals surface area contributed by atoms with Crippen molar-refractivity contribution in [3.05, 3.63) is 94.9 Å². The van der Waals surface area contributed by atoms with Crippen LogP contribution in [-0.4, -0.2) is 46.4 Å². The van der Waals surface area contributed by atoms with Gasteiger partial charge in [-0.2, -0.15) is 4.98 Å². The number of anilines is 5. The third kappa shape index (κ3) is 6.02. The maximum absolute atomic E-state index is 13.9. The number of nitrogens with one attached hydrogen (secondary N) is 3. The van der Waals surface area contributed by atoms with Crippen molar-refractivity contribution >= 4 is 46.7 Å². The Labute approximate surface area is 241 Å². The van der Waals surface area contributed by atoms with E-state index in [1.54, 1.807) is 48.8 Å². The molecule has 5 rings (SSSR count). The fraction of sp³-hybridized carbons (Fsp3) is 0.200. The Bertz CT molecular complexity index is 1660. The zero-order chi connectivity index (χ0) is 29.8. The maximum atomic E-state index is 13.9. The van der Waals surface area contributed by atoms with Gasteiger partial charge in [0.15, 0.2) is 0 Å². The van der Waals surface area contributed by atoms with Gasteiger partial charge in [-0.25, -0.2) is 14.2 Å². The maximum Gasteiger partial charge on any atom is 0.330 e. The standard InChI is InChI=1S/C30H29FN8O3/c1-18-7-9-23(35-28(41)21-6-4-5-20(11-21)13-31)12-25(18)38-16-22-14-34-29(36-24-10-8-19(2)33-15-24)37-27(22)39(30(38)42)17-26(40)32-3/h4-12,14-15H,13,16-17H2,1-3H3,(H,32,40)(H,35,41)(H,34,36,37). The molecule has 1 aliphatic rings. The Morgan fingerprint density at radius 3 is 2.55 bits per heavy atom. The summed E-state index contributed by atoms with van der Waals surface area (Å²) in [6.45, 7) is 2.93. The van der Waals surface area contributed by atoms with Crippen LogP contribution in [0.5, 0.6) is 0 Å². The first-order valence-corrected chi connectivity index (χ1v) is 13.2. The van der Waals surface area contributed by atoms with E-state index in [2.05, 4.69) is 30.9 Å². The van der Waals surface area contributed by atoms with Gasteiger partial charge in [0.25, 0.3) is 5.91 Å². The van der Waals surface area contributed by atoms with Gasteiger partial charge in [-0.1, -0.05) is 18.2 Å². The van der Waals surface area contributed by atoms with Crippen molar-refractivity contribution in [2.45, 2.75) is 27.1 Å². The van der Waals surface area contributed by atoms with Crippen molar-refractivity contribution in [2.75, 3.05) is 34.0 Å². The summed E-state index contributed by atoms with van der Waals surface area (Å²) in [5.41, 5.74) is 4.64. The number of fused-ring (bicyclic) bond motifs is 1. The number of nitrogens with zero attached hydrogens (tertiary/aromatic N) is 5. The molecule has 12 heteroatoms. The summed E-state index contributed by atoms with van der Waals surface area (Å²) in [7, 11) is 1.49. The monoisotopic (exact) mass is 568 g/mol. The molecule has 0 atom stereocenters. The van der Waals surface area contributed by atoms with Crippen molar-refractivity contribution in [1.29, 1.82) is 0 Å². The second-order valence-corrected chi connectivity index (χ2v) is 9.77. The lowest BCUT2D eigenvalue weighted by Gasteiger charge is -2.36. The highest BCUT2D eigenvalue weighted by Gasteiger charge is 2.35. The molecule has 214 valence electrons. The molecule has 0 spiro atoms. The number of benzene rings is 2. The number of carbonyl (C=O) groups excluding carboxylic acids is 3. The van der Waals surface area contributed by atoms with Gasteiger partial charge in [0.1, 0.15) is 19.0 Å². The number of rotatable bonds is 8. The van der Waals surface area contributed by atoms with Gasteiger partial charge in [0, 0.05) is 35.8 Å². The van der Waals surface area contributed by atoms with Gasteiger partial charge >= 0.3 is 6.03 Å². The highest BCUT2D eigenvalue weighted by Crippen LogP contribution is 2.34. The van der Waals surface area contributed by atoms with Gasteiger partial charge in [-0.15, -0.1) is 0 Å². The van der Waals surface area contributed by atoms with Crippen LogP contribution in [0.1, 0.15) is 32.7 Å². The van der Waals surface area contributed by atoms with E-state index >= 15 is 0 Å². The van der Waals surface area contributed by atoms with Gasteiger partial charge in [0.2, 0.25) is 11.9 Å². The molecule has 0 unspecified atom stereocenters. The van der Waals surface area contributed by atoms with Crippen LogP contribution in [-0.2, 0) is 18.0 Å². The fourth-order valence-corrected chi connectivity index (χ4v) is 4.48. The van der Waals surface area contributed by atoms with Crippen LogP contribution >= 0.6 is 0 Å². The van der Waals surface area contributed by atoms with E-state index in [1.165, 1.54) is 22.9 Å².